The van der Waals surface area contributed by atoms with Gasteiger partial charge in [-0.15, -0.1) is 0 Å². The molecule has 21 heavy (non-hydrogen) atoms. The van der Waals surface area contributed by atoms with E-state index in [4.69, 9.17) is 9.47 Å². The van der Waals surface area contributed by atoms with Crippen LogP contribution in [0.4, 0.5) is 13.2 Å². The SMILES string of the molecule is CCOc1cc([C@@H]2CCCNC2)c(OC)cc1C(F)(F)F. The molecule has 1 N–H and O–H groups in total. The van der Waals surface area contributed by atoms with Gasteiger partial charge in [0.25, 0.3) is 0 Å². The van der Waals surface area contributed by atoms with Gasteiger partial charge in [0.1, 0.15) is 17.1 Å². The van der Waals surface area contributed by atoms with E-state index in [1.165, 1.54) is 13.2 Å². The Bertz CT molecular complexity index is 483. The van der Waals surface area contributed by atoms with Gasteiger partial charge < -0.3 is 14.8 Å². The lowest BCUT2D eigenvalue weighted by Crippen LogP contribution is -2.28. The Morgan fingerprint density at radius 1 is 1.29 bits per heavy atom. The second-order valence-electron chi connectivity index (χ2n) is 5.06. The molecule has 118 valence electrons. The Hall–Kier alpha value is -1.43. The van der Waals surface area contributed by atoms with Crippen LogP contribution in [0, 0.1) is 0 Å². The zero-order valence-electron chi connectivity index (χ0n) is 12.2. The minimum atomic E-state index is -4.46. The van der Waals surface area contributed by atoms with E-state index in [1.807, 2.05) is 0 Å². The highest BCUT2D eigenvalue weighted by Gasteiger charge is 2.36. The molecule has 2 rings (SSSR count). The first-order valence-corrected chi connectivity index (χ1v) is 7.10. The van der Waals surface area contributed by atoms with E-state index in [0.717, 1.165) is 37.6 Å². The summed E-state index contributed by atoms with van der Waals surface area (Å²) < 4.78 is 49.7. The highest BCUT2D eigenvalue weighted by Crippen LogP contribution is 2.43. The van der Waals surface area contributed by atoms with Crippen molar-refractivity contribution < 1.29 is 22.6 Å². The Morgan fingerprint density at radius 2 is 2.05 bits per heavy atom. The molecule has 0 radical (unpaired) electrons. The number of rotatable bonds is 4. The van der Waals surface area contributed by atoms with Gasteiger partial charge in [-0.05, 0) is 38.4 Å². The van der Waals surface area contributed by atoms with Crippen molar-refractivity contribution in [2.75, 3.05) is 26.8 Å². The first-order valence-electron chi connectivity index (χ1n) is 7.10. The van der Waals surface area contributed by atoms with E-state index in [-0.39, 0.29) is 24.0 Å². The van der Waals surface area contributed by atoms with E-state index < -0.39 is 11.7 Å². The van der Waals surface area contributed by atoms with E-state index in [0.29, 0.717) is 0 Å². The van der Waals surface area contributed by atoms with Crippen LogP contribution < -0.4 is 14.8 Å². The fraction of sp³-hybridized carbons (Fsp3) is 0.600. The maximum atomic E-state index is 13.1. The van der Waals surface area contributed by atoms with Crippen molar-refractivity contribution in [3.8, 4) is 11.5 Å². The number of hydrogen-bond acceptors (Lipinski definition) is 3. The van der Waals surface area contributed by atoms with Crippen molar-refractivity contribution in [2.24, 2.45) is 0 Å². The number of hydrogen-bond donors (Lipinski definition) is 1. The number of piperidine rings is 1. The summed E-state index contributed by atoms with van der Waals surface area (Å²) in [4.78, 5) is 0. The lowest BCUT2D eigenvalue weighted by Gasteiger charge is -2.26. The lowest BCUT2D eigenvalue weighted by atomic mass is 9.90. The number of ether oxygens (including phenoxy) is 2. The summed E-state index contributed by atoms with van der Waals surface area (Å²) >= 11 is 0. The van der Waals surface area contributed by atoms with Crippen LogP contribution in [-0.4, -0.2) is 26.8 Å². The molecule has 1 aliphatic heterocycles. The quantitative estimate of drug-likeness (QED) is 0.922. The molecule has 0 aromatic heterocycles. The molecule has 0 aliphatic carbocycles. The molecule has 0 saturated carbocycles. The van der Waals surface area contributed by atoms with Crippen LogP contribution in [0.15, 0.2) is 12.1 Å². The molecular weight excluding hydrogens is 283 g/mol. The third-order valence-corrected chi connectivity index (χ3v) is 3.67. The van der Waals surface area contributed by atoms with Gasteiger partial charge in [0.15, 0.2) is 0 Å². The third kappa shape index (κ3) is 3.61. The van der Waals surface area contributed by atoms with Crippen molar-refractivity contribution in [1.29, 1.82) is 0 Å². The van der Waals surface area contributed by atoms with Crippen molar-refractivity contribution in [3.05, 3.63) is 23.3 Å². The monoisotopic (exact) mass is 303 g/mol. The smallest absolute Gasteiger partial charge is 0.420 e. The molecule has 0 bridgehead atoms. The van der Waals surface area contributed by atoms with Gasteiger partial charge in [-0.2, -0.15) is 13.2 Å². The fourth-order valence-corrected chi connectivity index (χ4v) is 2.69. The van der Waals surface area contributed by atoms with Gasteiger partial charge in [-0.1, -0.05) is 0 Å². The Balaban J connectivity index is 2.46. The van der Waals surface area contributed by atoms with Crippen molar-refractivity contribution >= 4 is 0 Å². The molecule has 1 aromatic rings. The van der Waals surface area contributed by atoms with Gasteiger partial charge in [-0.25, -0.2) is 0 Å². The van der Waals surface area contributed by atoms with E-state index >= 15 is 0 Å². The number of benzene rings is 1. The highest BCUT2D eigenvalue weighted by atomic mass is 19.4. The second kappa shape index (κ2) is 6.56. The van der Waals surface area contributed by atoms with Crippen LogP contribution in [-0.2, 0) is 6.18 Å². The predicted molar refractivity (Wildman–Crippen MR) is 74.0 cm³/mol. The van der Waals surface area contributed by atoms with Gasteiger partial charge in [0.05, 0.1) is 13.7 Å². The normalized spacial score (nSPS) is 19.4. The van der Waals surface area contributed by atoms with Crippen LogP contribution in [0.1, 0.15) is 36.8 Å². The number of alkyl halides is 3. The molecule has 1 heterocycles. The predicted octanol–water partition coefficient (Wildman–Crippen LogP) is 3.58. The number of nitrogens with one attached hydrogen (secondary N) is 1. The molecule has 1 aromatic carbocycles. The van der Waals surface area contributed by atoms with Crippen molar-refractivity contribution in [2.45, 2.75) is 31.9 Å². The molecule has 1 saturated heterocycles. The molecule has 1 fully saturated rings. The first kappa shape index (κ1) is 15.9. The third-order valence-electron chi connectivity index (χ3n) is 3.67. The average Bonchev–Trinajstić information content (AvgIpc) is 2.47. The van der Waals surface area contributed by atoms with Crippen LogP contribution in [0.3, 0.4) is 0 Å². The zero-order chi connectivity index (χ0) is 15.5. The second-order valence-corrected chi connectivity index (χ2v) is 5.06. The molecule has 0 spiro atoms. The molecule has 3 nitrogen and oxygen atoms in total. The molecule has 0 unspecified atom stereocenters. The highest BCUT2D eigenvalue weighted by molar-refractivity contribution is 5.49. The minimum Gasteiger partial charge on any atom is -0.496 e. The average molecular weight is 303 g/mol. The summed E-state index contributed by atoms with van der Waals surface area (Å²) in [5.41, 5.74) is -0.00475. The largest absolute Gasteiger partial charge is 0.496 e. The Morgan fingerprint density at radius 3 is 2.57 bits per heavy atom. The summed E-state index contributed by atoms with van der Waals surface area (Å²) in [6.45, 7) is 3.55. The summed E-state index contributed by atoms with van der Waals surface area (Å²) in [5, 5.41) is 3.26. The van der Waals surface area contributed by atoms with E-state index in [2.05, 4.69) is 5.32 Å². The van der Waals surface area contributed by atoms with Crippen molar-refractivity contribution in [3.63, 3.8) is 0 Å². The van der Waals surface area contributed by atoms with Crippen LogP contribution in [0.25, 0.3) is 0 Å². The molecular formula is C15H20F3NO2. The van der Waals surface area contributed by atoms with Gasteiger partial charge in [-0.3, -0.25) is 0 Å². The number of halogens is 3. The maximum Gasteiger partial charge on any atom is 0.420 e. The molecule has 1 aliphatic rings. The van der Waals surface area contributed by atoms with Gasteiger partial charge in [0.2, 0.25) is 0 Å². The maximum absolute atomic E-state index is 13.1. The first-order chi connectivity index (χ1) is 9.97. The Kier molecular flexibility index (Phi) is 4.98. The molecule has 6 heteroatoms. The summed E-state index contributed by atoms with van der Waals surface area (Å²) in [7, 11) is 1.40. The van der Waals surface area contributed by atoms with Crippen LogP contribution >= 0.6 is 0 Å². The summed E-state index contributed by atoms with van der Waals surface area (Å²) in [6.07, 6.45) is -2.53. The van der Waals surface area contributed by atoms with Gasteiger partial charge >= 0.3 is 6.18 Å². The van der Waals surface area contributed by atoms with Crippen LogP contribution in [0.2, 0.25) is 0 Å². The topological polar surface area (TPSA) is 30.5 Å². The summed E-state index contributed by atoms with van der Waals surface area (Å²) in [5.74, 6) is 0.307. The van der Waals surface area contributed by atoms with E-state index in [9.17, 15) is 13.2 Å². The Labute approximate surface area is 122 Å². The van der Waals surface area contributed by atoms with Crippen molar-refractivity contribution in [1.82, 2.24) is 5.32 Å². The van der Waals surface area contributed by atoms with E-state index in [1.54, 1.807) is 6.92 Å². The molecule has 0 amide bonds. The van der Waals surface area contributed by atoms with Gasteiger partial charge in [0, 0.05) is 18.0 Å². The number of methoxy groups -OCH3 is 1. The lowest BCUT2D eigenvalue weighted by molar-refractivity contribution is -0.139. The van der Waals surface area contributed by atoms with Crippen LogP contribution in [0.5, 0.6) is 11.5 Å². The minimum absolute atomic E-state index is 0.119. The molecule has 1 atom stereocenters. The summed E-state index contributed by atoms with van der Waals surface area (Å²) in [6, 6.07) is 2.54. The zero-order valence-corrected chi connectivity index (χ0v) is 12.2. The fourth-order valence-electron chi connectivity index (χ4n) is 2.69. The standard InChI is InChI=1S/C15H20F3NO2/c1-3-21-14-7-11(10-5-4-6-19-9-10)13(20-2)8-12(14)15(16,17)18/h7-8,10,19H,3-6,9H2,1-2H3/t10-/m1/s1.